The van der Waals surface area contributed by atoms with E-state index < -0.39 is 0 Å². The Morgan fingerprint density at radius 3 is 2.52 bits per heavy atom. The van der Waals surface area contributed by atoms with Gasteiger partial charge in [-0.05, 0) is 49.2 Å². The highest BCUT2D eigenvalue weighted by atomic mass is 35.5. The van der Waals surface area contributed by atoms with Crippen molar-refractivity contribution >= 4 is 17.5 Å². The molecule has 1 aliphatic rings. The molecule has 0 bridgehead atoms. The van der Waals surface area contributed by atoms with Crippen LogP contribution >= 0.6 is 11.6 Å². The fourth-order valence-electron chi connectivity index (χ4n) is 3.90. The Hall–Kier alpha value is -3.14. The highest BCUT2D eigenvalue weighted by molar-refractivity contribution is 6.32. The zero-order valence-electron chi connectivity index (χ0n) is 17.6. The fourth-order valence-corrected chi connectivity index (χ4v) is 4.13. The van der Waals surface area contributed by atoms with Crippen molar-refractivity contribution in [2.45, 2.75) is 20.4 Å². The lowest BCUT2D eigenvalue weighted by atomic mass is 10.0. The second-order valence-corrected chi connectivity index (χ2v) is 8.02. The number of halogens is 1. The van der Waals surface area contributed by atoms with E-state index in [2.05, 4.69) is 6.07 Å². The number of amides is 1. The summed E-state index contributed by atoms with van der Waals surface area (Å²) in [6.45, 7) is 7.04. The second-order valence-electron chi connectivity index (χ2n) is 7.61. The van der Waals surface area contributed by atoms with E-state index in [1.54, 1.807) is 6.07 Å². The van der Waals surface area contributed by atoms with Gasteiger partial charge in [-0.2, -0.15) is 10.4 Å². The molecule has 0 unspecified atom stereocenters. The summed E-state index contributed by atoms with van der Waals surface area (Å²) in [5.74, 6) is 0.0425. The maximum atomic E-state index is 12.6. The molecule has 1 amide bonds. The van der Waals surface area contributed by atoms with Crippen LogP contribution in [0.3, 0.4) is 0 Å². The van der Waals surface area contributed by atoms with E-state index in [0.29, 0.717) is 49.0 Å². The number of benzene rings is 2. The molecule has 0 aliphatic carbocycles. The monoisotopic (exact) mass is 434 g/mol. The van der Waals surface area contributed by atoms with Gasteiger partial charge in [0.15, 0.2) is 0 Å². The summed E-state index contributed by atoms with van der Waals surface area (Å²) in [5.41, 5.74) is 6.09. The molecule has 4 rings (SSSR count). The van der Waals surface area contributed by atoms with E-state index in [4.69, 9.17) is 26.7 Å². The summed E-state index contributed by atoms with van der Waals surface area (Å²) in [6.07, 6.45) is 0. The van der Waals surface area contributed by atoms with Crippen molar-refractivity contribution < 1.29 is 9.53 Å². The third kappa shape index (κ3) is 4.34. The third-order valence-electron chi connectivity index (χ3n) is 5.59. The predicted octanol–water partition coefficient (Wildman–Crippen LogP) is 4.21. The Bertz CT molecular complexity index is 1160. The first-order chi connectivity index (χ1) is 15.0. The molecule has 7 heteroatoms. The van der Waals surface area contributed by atoms with Crippen LogP contribution in [0.5, 0.6) is 0 Å². The Balaban J connectivity index is 1.54. The van der Waals surface area contributed by atoms with Crippen LogP contribution in [0.15, 0.2) is 42.5 Å². The summed E-state index contributed by atoms with van der Waals surface area (Å²) in [5, 5.41) is 14.2. The number of ether oxygens (including phenoxy) is 1. The van der Waals surface area contributed by atoms with Gasteiger partial charge in [-0.15, -0.1) is 0 Å². The van der Waals surface area contributed by atoms with Crippen LogP contribution < -0.4 is 0 Å². The van der Waals surface area contributed by atoms with E-state index in [-0.39, 0.29) is 5.91 Å². The van der Waals surface area contributed by atoms with Crippen molar-refractivity contribution in [3.8, 4) is 17.2 Å². The number of morpholine rings is 1. The van der Waals surface area contributed by atoms with Crippen molar-refractivity contribution in [2.75, 3.05) is 26.3 Å². The molecule has 1 aliphatic heterocycles. The molecule has 0 atom stereocenters. The van der Waals surface area contributed by atoms with Gasteiger partial charge in [-0.1, -0.05) is 29.8 Å². The van der Waals surface area contributed by atoms with Gasteiger partial charge in [0.05, 0.1) is 36.0 Å². The van der Waals surface area contributed by atoms with Gasteiger partial charge in [0.1, 0.15) is 6.07 Å². The van der Waals surface area contributed by atoms with Gasteiger partial charge in [0.25, 0.3) is 5.91 Å². The summed E-state index contributed by atoms with van der Waals surface area (Å²) < 4.78 is 7.27. The molecule has 31 heavy (non-hydrogen) atoms. The average molecular weight is 435 g/mol. The molecular formula is C24H23ClN4O2. The molecule has 158 valence electrons. The summed E-state index contributed by atoms with van der Waals surface area (Å²) >= 11 is 6.23. The summed E-state index contributed by atoms with van der Waals surface area (Å²) in [7, 11) is 0. The van der Waals surface area contributed by atoms with Crippen LogP contribution in [0.1, 0.15) is 32.9 Å². The molecule has 0 N–H and O–H groups in total. The van der Waals surface area contributed by atoms with E-state index >= 15 is 0 Å². The zero-order chi connectivity index (χ0) is 22.0. The lowest BCUT2D eigenvalue weighted by Gasteiger charge is -2.26. The van der Waals surface area contributed by atoms with Gasteiger partial charge in [0, 0.05) is 29.9 Å². The molecule has 1 aromatic heterocycles. The number of rotatable bonds is 4. The smallest absolute Gasteiger partial charge is 0.254 e. The number of hydrogen-bond donors (Lipinski definition) is 0. The molecule has 0 radical (unpaired) electrons. The van der Waals surface area contributed by atoms with E-state index in [1.165, 1.54) is 0 Å². The number of carbonyl (C=O) groups excluding carboxylic acids is 1. The molecule has 2 aromatic carbocycles. The molecular weight excluding hydrogens is 412 g/mol. The highest BCUT2D eigenvalue weighted by Gasteiger charge is 2.19. The van der Waals surface area contributed by atoms with E-state index in [1.807, 2.05) is 59.8 Å². The number of nitrogens with zero attached hydrogens (tertiary/aromatic N) is 4. The SMILES string of the molecule is Cc1nn(Cc2ccc(C(=O)N3CCOCC3)cc2)c(C)c1-c1ccc(C#N)c(Cl)c1. The standard InChI is InChI=1S/C24H23ClN4O2/c1-16-23(20-7-8-21(14-26)22(25)13-20)17(2)29(27-16)15-18-3-5-19(6-4-18)24(30)28-9-11-31-12-10-28/h3-8,13H,9-12,15H2,1-2H3. The van der Waals surface area contributed by atoms with Crippen molar-refractivity contribution in [1.29, 1.82) is 5.26 Å². The van der Waals surface area contributed by atoms with Crippen molar-refractivity contribution in [1.82, 2.24) is 14.7 Å². The normalized spacial score (nSPS) is 13.8. The molecule has 3 aromatic rings. The van der Waals surface area contributed by atoms with Gasteiger partial charge in [0.2, 0.25) is 0 Å². The molecule has 2 heterocycles. The maximum Gasteiger partial charge on any atom is 0.254 e. The Labute approximate surface area is 186 Å². The van der Waals surface area contributed by atoms with Crippen LogP contribution in [-0.4, -0.2) is 46.9 Å². The Morgan fingerprint density at radius 2 is 1.87 bits per heavy atom. The predicted molar refractivity (Wildman–Crippen MR) is 119 cm³/mol. The van der Waals surface area contributed by atoms with E-state index in [0.717, 1.165) is 28.1 Å². The lowest BCUT2D eigenvalue weighted by molar-refractivity contribution is 0.0303. The Morgan fingerprint density at radius 1 is 1.16 bits per heavy atom. The second kappa shape index (κ2) is 8.93. The zero-order valence-corrected chi connectivity index (χ0v) is 18.3. The fraction of sp³-hybridized carbons (Fsp3) is 0.292. The quantitative estimate of drug-likeness (QED) is 0.616. The minimum absolute atomic E-state index is 0.0425. The number of carbonyl (C=O) groups is 1. The largest absolute Gasteiger partial charge is 0.378 e. The molecule has 0 spiro atoms. The van der Waals surface area contributed by atoms with Crippen molar-refractivity contribution in [3.63, 3.8) is 0 Å². The average Bonchev–Trinajstić information content (AvgIpc) is 3.07. The number of nitriles is 1. The minimum Gasteiger partial charge on any atom is -0.378 e. The van der Waals surface area contributed by atoms with Crippen LogP contribution in [0, 0.1) is 25.2 Å². The van der Waals surface area contributed by atoms with Crippen LogP contribution in [0.4, 0.5) is 0 Å². The lowest BCUT2D eigenvalue weighted by Crippen LogP contribution is -2.40. The van der Waals surface area contributed by atoms with Crippen LogP contribution in [0.2, 0.25) is 5.02 Å². The van der Waals surface area contributed by atoms with Gasteiger partial charge < -0.3 is 9.64 Å². The van der Waals surface area contributed by atoms with Crippen molar-refractivity contribution in [3.05, 3.63) is 75.6 Å². The topological polar surface area (TPSA) is 71.2 Å². The first-order valence-corrected chi connectivity index (χ1v) is 10.6. The van der Waals surface area contributed by atoms with Crippen LogP contribution in [-0.2, 0) is 11.3 Å². The van der Waals surface area contributed by atoms with Crippen LogP contribution in [0.25, 0.3) is 11.1 Å². The van der Waals surface area contributed by atoms with Gasteiger partial charge >= 0.3 is 0 Å². The number of aryl methyl sites for hydroxylation is 1. The molecule has 6 nitrogen and oxygen atoms in total. The minimum atomic E-state index is 0.0425. The first-order valence-electron chi connectivity index (χ1n) is 10.2. The maximum absolute atomic E-state index is 12.6. The number of hydrogen-bond acceptors (Lipinski definition) is 4. The first kappa shape index (κ1) is 21.1. The molecule has 1 saturated heterocycles. The van der Waals surface area contributed by atoms with Crippen molar-refractivity contribution in [2.24, 2.45) is 0 Å². The number of aromatic nitrogens is 2. The van der Waals surface area contributed by atoms with E-state index in [9.17, 15) is 4.79 Å². The summed E-state index contributed by atoms with van der Waals surface area (Å²) in [6, 6.07) is 15.2. The highest BCUT2D eigenvalue weighted by Crippen LogP contribution is 2.30. The summed E-state index contributed by atoms with van der Waals surface area (Å²) in [4.78, 5) is 14.5. The third-order valence-corrected chi connectivity index (χ3v) is 5.90. The Kier molecular flexibility index (Phi) is 6.08. The molecule has 1 fully saturated rings. The van der Waals surface area contributed by atoms with Gasteiger partial charge in [-0.25, -0.2) is 0 Å². The molecule has 0 saturated carbocycles. The van der Waals surface area contributed by atoms with Gasteiger partial charge in [-0.3, -0.25) is 9.48 Å².